The van der Waals surface area contributed by atoms with Gasteiger partial charge in [0.1, 0.15) is 42.3 Å². The van der Waals surface area contributed by atoms with Crippen molar-refractivity contribution >= 4 is 65.1 Å². The molecule has 0 aromatic carbocycles. The molecule has 23 nitrogen and oxygen atoms in total. The predicted molar refractivity (Wildman–Crippen MR) is 260 cm³/mol. The van der Waals surface area contributed by atoms with Gasteiger partial charge < -0.3 is 64.2 Å². The molecule has 0 saturated heterocycles. The fourth-order valence-electron chi connectivity index (χ4n) is 7.03. The summed E-state index contributed by atoms with van der Waals surface area (Å²) in [7, 11) is 0. The molecule has 0 unspecified atom stereocenters. The summed E-state index contributed by atoms with van der Waals surface area (Å²) in [4.78, 5) is 144. The zero-order valence-electron chi connectivity index (χ0n) is 43.2. The van der Waals surface area contributed by atoms with Gasteiger partial charge in [0.2, 0.25) is 53.2 Å². The lowest BCUT2D eigenvalue weighted by molar-refractivity contribution is -0.144. The van der Waals surface area contributed by atoms with Crippen molar-refractivity contribution in [3.05, 3.63) is 0 Å². The van der Waals surface area contributed by atoms with Gasteiger partial charge in [-0.25, -0.2) is 4.79 Å². The fraction of sp³-hybridized carbons (Fsp3) is 0.766. The maximum absolute atomic E-state index is 13.8. The molecule has 12 atom stereocenters. The largest absolute Gasteiger partial charge is 0.481 e. The quantitative estimate of drug-likeness (QED) is 0.0402. The van der Waals surface area contributed by atoms with Gasteiger partial charge in [0, 0.05) is 6.42 Å². The Morgan fingerprint density at radius 3 is 1.27 bits per heavy atom. The fourth-order valence-corrected chi connectivity index (χ4v) is 7.03. The average Bonchev–Trinajstić information content (AvgIpc) is 3.28. The highest BCUT2D eigenvalue weighted by Crippen LogP contribution is 2.15. The molecule has 0 aromatic rings. The minimum atomic E-state index is -1.76. The highest BCUT2D eigenvalue weighted by molar-refractivity contribution is 5.98. The van der Waals surface area contributed by atoms with Crippen LogP contribution < -0.4 is 54.0 Å². The number of carbonyl (C=O) groups is 11. The maximum Gasteiger partial charge on any atom is 0.326 e. The Morgan fingerprint density at radius 2 is 0.843 bits per heavy atom. The van der Waals surface area contributed by atoms with E-state index in [-0.39, 0.29) is 49.4 Å². The van der Waals surface area contributed by atoms with Gasteiger partial charge in [-0.2, -0.15) is 0 Å². The van der Waals surface area contributed by atoms with Gasteiger partial charge in [0.25, 0.3) is 0 Å². The summed E-state index contributed by atoms with van der Waals surface area (Å²) in [6, 6.07) is -10.3. The Balaban J connectivity index is 6.35. The van der Waals surface area contributed by atoms with Crippen molar-refractivity contribution in [2.75, 3.05) is 6.54 Å². The SMILES string of the molecule is CC[C@H](C)[C@H](N)C(=O)N[C@H](C(=O)N[C@@H](CC(C)C)C(=O)N[C@@H](CCC(N)=O)C(=O)NCC(=O)N[C@H](C(=O)N[C@@H](CC(=O)O)C(=O)N[C@@H](CC(C)C)C(=O)N[C@H](C(=O)O)[C@@H](C)CC)[C@@H](C)CC)[C@@H](C)CC. The van der Waals surface area contributed by atoms with Gasteiger partial charge in [-0.05, 0) is 54.8 Å². The number of carboxylic acids is 2. The van der Waals surface area contributed by atoms with Crippen LogP contribution in [0.5, 0.6) is 0 Å². The third-order valence-corrected chi connectivity index (χ3v) is 12.4. The molecule has 0 aliphatic carbocycles. The van der Waals surface area contributed by atoms with Crippen LogP contribution in [0.1, 0.15) is 141 Å². The van der Waals surface area contributed by atoms with E-state index in [2.05, 4.69) is 42.5 Å². The normalized spacial score (nSPS) is 16.4. The van der Waals surface area contributed by atoms with E-state index in [9.17, 15) is 63.0 Å². The van der Waals surface area contributed by atoms with E-state index in [1.165, 1.54) is 0 Å². The molecule has 0 aliphatic heterocycles. The van der Waals surface area contributed by atoms with Crippen LogP contribution in [0.3, 0.4) is 0 Å². The second-order valence-corrected chi connectivity index (χ2v) is 19.2. The molecule has 0 aliphatic rings. The summed E-state index contributed by atoms with van der Waals surface area (Å²) >= 11 is 0. The predicted octanol–water partition coefficient (Wildman–Crippen LogP) is -0.0751. The second-order valence-electron chi connectivity index (χ2n) is 19.2. The van der Waals surface area contributed by atoms with Crippen LogP contribution in [0.15, 0.2) is 0 Å². The molecule has 0 radical (unpaired) electrons. The maximum atomic E-state index is 13.8. The molecular weight excluding hydrogens is 913 g/mol. The molecule has 400 valence electrons. The number of carboxylic acid groups (broad SMARTS) is 2. The summed E-state index contributed by atoms with van der Waals surface area (Å²) in [6.07, 6.45) is 0.358. The molecule has 0 rings (SSSR count). The van der Waals surface area contributed by atoms with Gasteiger partial charge in [-0.3, -0.25) is 47.9 Å². The molecule has 0 heterocycles. The first-order valence-corrected chi connectivity index (χ1v) is 24.4. The molecule has 0 aromatic heterocycles. The topological polar surface area (TPSA) is 377 Å². The number of hydrogen-bond donors (Lipinski definition) is 12. The number of nitrogens with one attached hydrogen (secondary N) is 8. The van der Waals surface area contributed by atoms with Crippen molar-refractivity contribution in [1.29, 1.82) is 0 Å². The zero-order chi connectivity index (χ0) is 54.2. The van der Waals surface area contributed by atoms with Gasteiger partial charge >= 0.3 is 11.9 Å². The van der Waals surface area contributed by atoms with E-state index in [1.54, 1.807) is 62.3 Å². The number of primary amides is 1. The lowest BCUT2D eigenvalue weighted by Crippen LogP contribution is -2.60. The summed E-state index contributed by atoms with van der Waals surface area (Å²) in [5, 5.41) is 39.5. The van der Waals surface area contributed by atoms with Crippen molar-refractivity contribution < 1.29 is 63.0 Å². The first-order valence-electron chi connectivity index (χ1n) is 24.4. The third kappa shape index (κ3) is 23.2. The highest BCUT2D eigenvalue weighted by Gasteiger charge is 2.37. The summed E-state index contributed by atoms with van der Waals surface area (Å²) in [6.45, 7) is 20.3. The van der Waals surface area contributed by atoms with Gasteiger partial charge in [0.05, 0.1) is 19.0 Å². The van der Waals surface area contributed by atoms with Crippen LogP contribution in [-0.4, -0.2) is 130 Å². The van der Waals surface area contributed by atoms with Crippen molar-refractivity contribution in [2.24, 2.45) is 47.0 Å². The standard InChI is InChI=1S/C47H84N10O13/c1-13-25(9)36(49)44(66)56-38(27(11)15-3)46(68)53-30(19-23(5)6)41(63)51-29(17-18-33(48)58)40(62)50-22-34(59)55-37(26(10)14-2)45(67)54-32(21-35(60)61)42(64)52-31(20-24(7)8)43(65)57-39(47(69)70)28(12)16-4/h23-32,36-39H,13-22,49H2,1-12H3,(H2,48,58)(H,50,62)(H,51,63)(H,52,64)(H,53,68)(H,54,67)(H,55,59)(H,56,66)(H,57,65)(H,60,61)(H,69,70)/t25-,26-,27-,28-,29-,30-,31-,32-,36-,37-,38-,39-/m0/s1. The number of hydrogen-bond acceptors (Lipinski definition) is 12. The van der Waals surface area contributed by atoms with Crippen LogP contribution in [0.4, 0.5) is 0 Å². The molecule has 70 heavy (non-hydrogen) atoms. The van der Waals surface area contributed by atoms with Crippen LogP contribution in [-0.2, 0) is 52.7 Å². The van der Waals surface area contributed by atoms with Gasteiger partial charge in [-0.1, -0.05) is 109 Å². The summed E-state index contributed by atoms with van der Waals surface area (Å²) < 4.78 is 0. The second kappa shape index (κ2) is 32.1. The van der Waals surface area contributed by atoms with Gasteiger partial charge in [-0.15, -0.1) is 0 Å². The molecule has 9 amide bonds. The molecule has 0 fully saturated rings. The van der Waals surface area contributed by atoms with Crippen molar-refractivity contribution in [3.63, 3.8) is 0 Å². The first-order chi connectivity index (χ1) is 32.5. The first kappa shape index (κ1) is 64.1. The number of nitrogens with two attached hydrogens (primary N) is 2. The lowest BCUT2D eigenvalue weighted by atomic mass is 9.94. The molecule has 14 N–H and O–H groups in total. The number of carbonyl (C=O) groups excluding carboxylic acids is 9. The summed E-state index contributed by atoms with van der Waals surface area (Å²) in [5.41, 5.74) is 11.5. The number of aliphatic carboxylic acids is 2. The van der Waals surface area contributed by atoms with Crippen LogP contribution in [0.2, 0.25) is 0 Å². The van der Waals surface area contributed by atoms with E-state index in [0.29, 0.717) is 25.7 Å². The van der Waals surface area contributed by atoms with E-state index >= 15 is 0 Å². The van der Waals surface area contributed by atoms with Crippen molar-refractivity contribution in [2.45, 2.75) is 189 Å². The minimum Gasteiger partial charge on any atom is -0.481 e. The Morgan fingerprint density at radius 1 is 0.457 bits per heavy atom. The van der Waals surface area contributed by atoms with E-state index < -0.39 is 138 Å². The molecule has 0 spiro atoms. The summed E-state index contributed by atoms with van der Waals surface area (Å²) in [5.74, 6) is -12.2. The lowest BCUT2D eigenvalue weighted by Gasteiger charge is -2.29. The van der Waals surface area contributed by atoms with Crippen LogP contribution >= 0.6 is 0 Å². The van der Waals surface area contributed by atoms with Crippen molar-refractivity contribution in [1.82, 2.24) is 42.5 Å². The number of amides is 9. The van der Waals surface area contributed by atoms with E-state index in [1.807, 2.05) is 20.8 Å². The molecule has 0 saturated carbocycles. The highest BCUT2D eigenvalue weighted by atomic mass is 16.4. The Hall–Kier alpha value is -5.87. The molecule has 0 bridgehead atoms. The van der Waals surface area contributed by atoms with E-state index in [4.69, 9.17) is 11.5 Å². The molecular formula is C47H84N10O13. The van der Waals surface area contributed by atoms with Gasteiger partial charge in [0.15, 0.2) is 0 Å². The minimum absolute atomic E-state index is 0.0337. The average molecular weight is 997 g/mol. The Bertz CT molecular complexity index is 1800. The Labute approximate surface area is 412 Å². The Kier molecular flexibility index (Phi) is 29.4. The number of rotatable bonds is 34. The van der Waals surface area contributed by atoms with Crippen LogP contribution in [0, 0.1) is 35.5 Å². The van der Waals surface area contributed by atoms with Crippen molar-refractivity contribution in [3.8, 4) is 0 Å². The zero-order valence-corrected chi connectivity index (χ0v) is 43.2. The third-order valence-electron chi connectivity index (χ3n) is 12.4. The monoisotopic (exact) mass is 997 g/mol. The molecule has 23 heteroatoms. The van der Waals surface area contributed by atoms with Crippen LogP contribution in [0.25, 0.3) is 0 Å². The van der Waals surface area contributed by atoms with E-state index in [0.717, 1.165) is 0 Å². The smallest absolute Gasteiger partial charge is 0.326 e.